The molecule has 2 N–H and O–H groups in total. The van der Waals surface area contributed by atoms with Crippen molar-refractivity contribution in [2.75, 3.05) is 11.9 Å². The maximum absolute atomic E-state index is 12.7. The van der Waals surface area contributed by atoms with E-state index >= 15 is 0 Å². The van der Waals surface area contributed by atoms with Gasteiger partial charge in [0.2, 0.25) is 0 Å². The molecule has 1 heterocycles. The first-order valence-electron chi connectivity index (χ1n) is 9.64. The monoisotopic (exact) mass is 545 g/mol. The number of para-hydroxylation sites is 1. The maximum atomic E-state index is 12.7. The quantitative estimate of drug-likeness (QED) is 0.267. The summed E-state index contributed by atoms with van der Waals surface area (Å²) in [5.41, 5.74) is 2.87. The predicted octanol–water partition coefficient (Wildman–Crippen LogP) is 6.90. The van der Waals surface area contributed by atoms with Crippen molar-refractivity contribution in [2.45, 2.75) is 6.92 Å². The fourth-order valence-corrected chi connectivity index (χ4v) is 4.90. The van der Waals surface area contributed by atoms with Gasteiger partial charge in [0.15, 0.2) is 5.11 Å². The van der Waals surface area contributed by atoms with Gasteiger partial charge in [0.1, 0.15) is 10.8 Å². The smallest absolute Gasteiger partial charge is 0.257 e. The lowest BCUT2D eigenvalue weighted by atomic mass is 10.2. The van der Waals surface area contributed by atoms with Gasteiger partial charge in [-0.1, -0.05) is 23.7 Å². The fraction of sp³-hybridized carbons (Fsp3) is 0.0870. The normalized spacial score (nSPS) is 10.7. The number of rotatable bonds is 5. The summed E-state index contributed by atoms with van der Waals surface area (Å²) in [6.07, 6.45) is 0. The second-order valence-electron chi connectivity index (χ2n) is 6.66. The number of carbonyl (C=O) groups excluding carboxylic acids is 1. The van der Waals surface area contributed by atoms with Gasteiger partial charge >= 0.3 is 0 Å². The van der Waals surface area contributed by atoms with Crippen LogP contribution in [0.3, 0.4) is 0 Å². The highest BCUT2D eigenvalue weighted by atomic mass is 79.9. The van der Waals surface area contributed by atoms with Crippen LogP contribution in [0.1, 0.15) is 17.3 Å². The zero-order valence-electron chi connectivity index (χ0n) is 16.8. The van der Waals surface area contributed by atoms with Crippen molar-refractivity contribution in [3.63, 3.8) is 0 Å². The number of aromatic nitrogens is 1. The number of nitrogens with zero attached hydrogens (tertiary/aromatic N) is 1. The third-order valence-electron chi connectivity index (χ3n) is 4.48. The van der Waals surface area contributed by atoms with Gasteiger partial charge in [-0.2, -0.15) is 0 Å². The van der Waals surface area contributed by atoms with Crippen molar-refractivity contribution in [3.8, 4) is 16.3 Å². The third kappa shape index (κ3) is 5.10. The standard InChI is InChI=1S/C23H17BrClN3O2S2/c1-2-30-19-10-7-13(11-16(19)24)21(29)28-23(31)27-17-9-8-14(25)12-15(17)22-26-18-5-3-4-6-20(18)32-22/h3-12H,2H2,1H3,(H2,27,28,29,31). The molecule has 0 aliphatic rings. The number of carbonyl (C=O) groups is 1. The van der Waals surface area contributed by atoms with Gasteiger partial charge < -0.3 is 10.1 Å². The number of amides is 1. The summed E-state index contributed by atoms with van der Waals surface area (Å²) < 4.78 is 7.26. The average Bonchev–Trinajstić information content (AvgIpc) is 3.20. The first-order valence-corrected chi connectivity index (χ1v) is 12.0. The summed E-state index contributed by atoms with van der Waals surface area (Å²) in [6, 6.07) is 18.4. The van der Waals surface area contributed by atoms with E-state index in [1.165, 1.54) is 0 Å². The van der Waals surface area contributed by atoms with Crippen molar-refractivity contribution in [1.29, 1.82) is 0 Å². The topological polar surface area (TPSA) is 63.2 Å². The number of hydrogen-bond donors (Lipinski definition) is 2. The number of anilines is 1. The molecule has 0 bridgehead atoms. The molecule has 3 aromatic carbocycles. The molecular formula is C23H17BrClN3O2S2. The van der Waals surface area contributed by atoms with Crippen LogP contribution < -0.4 is 15.4 Å². The van der Waals surface area contributed by atoms with Gasteiger partial charge in [-0.15, -0.1) is 11.3 Å². The van der Waals surface area contributed by atoms with E-state index in [4.69, 9.17) is 33.5 Å². The van der Waals surface area contributed by atoms with E-state index in [1.54, 1.807) is 35.6 Å². The number of hydrogen-bond acceptors (Lipinski definition) is 5. The molecule has 4 aromatic rings. The zero-order chi connectivity index (χ0) is 22.7. The summed E-state index contributed by atoms with van der Waals surface area (Å²) in [7, 11) is 0. The summed E-state index contributed by atoms with van der Waals surface area (Å²) >= 11 is 16.6. The molecule has 32 heavy (non-hydrogen) atoms. The highest BCUT2D eigenvalue weighted by Crippen LogP contribution is 2.36. The van der Waals surface area contributed by atoms with Crippen LogP contribution >= 0.6 is 51.1 Å². The Kier molecular flexibility index (Phi) is 7.05. The van der Waals surface area contributed by atoms with E-state index < -0.39 is 0 Å². The summed E-state index contributed by atoms with van der Waals surface area (Å²) in [6.45, 7) is 2.44. The largest absolute Gasteiger partial charge is 0.493 e. The maximum Gasteiger partial charge on any atom is 0.257 e. The Morgan fingerprint density at radius 2 is 2.00 bits per heavy atom. The van der Waals surface area contributed by atoms with Crippen LogP contribution in [-0.2, 0) is 0 Å². The van der Waals surface area contributed by atoms with Crippen molar-refractivity contribution in [2.24, 2.45) is 0 Å². The predicted molar refractivity (Wildman–Crippen MR) is 139 cm³/mol. The SMILES string of the molecule is CCOc1ccc(C(=O)NC(=S)Nc2ccc(Cl)cc2-c2nc3ccccc3s2)cc1Br. The Labute approximate surface area is 207 Å². The number of nitrogens with one attached hydrogen (secondary N) is 2. The summed E-state index contributed by atoms with van der Waals surface area (Å²) in [4.78, 5) is 17.4. The third-order valence-corrected chi connectivity index (χ3v) is 6.60. The lowest BCUT2D eigenvalue weighted by Gasteiger charge is -2.13. The molecule has 162 valence electrons. The Bertz CT molecular complexity index is 1290. The molecule has 0 radical (unpaired) electrons. The molecule has 9 heteroatoms. The number of benzene rings is 3. The first kappa shape index (κ1) is 22.7. The molecule has 4 rings (SSSR count). The Morgan fingerprint density at radius 1 is 1.19 bits per heavy atom. The van der Waals surface area contributed by atoms with Crippen LogP contribution in [-0.4, -0.2) is 22.6 Å². The van der Waals surface area contributed by atoms with Gasteiger partial charge in [0, 0.05) is 16.1 Å². The molecule has 0 fully saturated rings. The number of thiocarbonyl (C=S) groups is 1. The van der Waals surface area contributed by atoms with E-state index in [9.17, 15) is 4.79 Å². The summed E-state index contributed by atoms with van der Waals surface area (Å²) in [5, 5.41) is 7.37. The number of thiazole rings is 1. The minimum absolute atomic E-state index is 0.171. The van der Waals surface area contributed by atoms with Crippen LogP contribution in [0.4, 0.5) is 5.69 Å². The van der Waals surface area contributed by atoms with Gasteiger partial charge in [0.05, 0.1) is 27.0 Å². The number of ether oxygens (including phenoxy) is 1. The Balaban J connectivity index is 1.53. The molecule has 1 aromatic heterocycles. The van der Waals surface area contributed by atoms with Crippen molar-refractivity contribution in [3.05, 3.63) is 75.7 Å². The van der Waals surface area contributed by atoms with Gasteiger partial charge in [0.25, 0.3) is 5.91 Å². The van der Waals surface area contributed by atoms with Crippen LogP contribution in [0.5, 0.6) is 5.75 Å². The fourth-order valence-electron chi connectivity index (χ4n) is 3.03. The number of halogens is 2. The van der Waals surface area contributed by atoms with Crippen molar-refractivity contribution >= 4 is 78.0 Å². The molecule has 0 aliphatic carbocycles. The minimum atomic E-state index is -0.332. The van der Waals surface area contributed by atoms with Crippen molar-refractivity contribution < 1.29 is 9.53 Å². The van der Waals surface area contributed by atoms with E-state index in [-0.39, 0.29) is 11.0 Å². The van der Waals surface area contributed by atoms with E-state index in [2.05, 4.69) is 26.6 Å². The van der Waals surface area contributed by atoms with Crippen LogP contribution in [0.25, 0.3) is 20.8 Å². The molecule has 0 saturated heterocycles. The number of fused-ring (bicyclic) bond motifs is 1. The molecule has 0 saturated carbocycles. The molecule has 0 unspecified atom stereocenters. The summed E-state index contributed by atoms with van der Waals surface area (Å²) in [5.74, 6) is 0.341. The van der Waals surface area contributed by atoms with E-state index in [1.807, 2.05) is 43.3 Å². The van der Waals surface area contributed by atoms with Gasteiger partial charge in [-0.3, -0.25) is 10.1 Å². The van der Waals surface area contributed by atoms with Gasteiger partial charge in [-0.25, -0.2) is 4.98 Å². The molecular weight excluding hydrogens is 530 g/mol. The van der Waals surface area contributed by atoms with Crippen LogP contribution in [0, 0.1) is 0 Å². The zero-order valence-corrected chi connectivity index (χ0v) is 20.8. The first-order chi connectivity index (χ1) is 15.4. The lowest BCUT2D eigenvalue weighted by molar-refractivity contribution is 0.0977. The molecule has 0 aliphatic heterocycles. The molecule has 1 amide bonds. The molecule has 5 nitrogen and oxygen atoms in total. The van der Waals surface area contributed by atoms with Gasteiger partial charge in [-0.05, 0) is 83.6 Å². The van der Waals surface area contributed by atoms with Crippen LogP contribution in [0.2, 0.25) is 5.02 Å². The minimum Gasteiger partial charge on any atom is -0.493 e. The Hall–Kier alpha value is -2.52. The lowest BCUT2D eigenvalue weighted by Crippen LogP contribution is -2.34. The highest BCUT2D eigenvalue weighted by Gasteiger charge is 2.15. The van der Waals surface area contributed by atoms with E-state index in [0.717, 1.165) is 20.8 Å². The van der Waals surface area contributed by atoms with Crippen molar-refractivity contribution in [1.82, 2.24) is 10.3 Å². The molecule has 0 spiro atoms. The highest BCUT2D eigenvalue weighted by molar-refractivity contribution is 9.10. The second-order valence-corrected chi connectivity index (χ2v) is 9.39. The van der Waals surface area contributed by atoms with E-state index in [0.29, 0.717) is 33.1 Å². The average molecular weight is 547 g/mol. The second kappa shape index (κ2) is 9.95. The van der Waals surface area contributed by atoms with Crippen LogP contribution in [0.15, 0.2) is 65.1 Å². The molecule has 0 atom stereocenters. The Morgan fingerprint density at radius 3 is 2.75 bits per heavy atom.